The average molecular weight is 139 g/mol. The Morgan fingerprint density at radius 2 is 2.20 bits per heavy atom. The summed E-state index contributed by atoms with van der Waals surface area (Å²) < 4.78 is 5.42. The van der Waals surface area contributed by atoms with Crippen molar-refractivity contribution >= 4 is 0 Å². The average Bonchev–Trinajstić information content (AvgIpc) is 2.12. The van der Waals surface area contributed by atoms with E-state index in [4.69, 9.17) is 4.74 Å². The minimum atomic E-state index is 0.134. The molecule has 0 N–H and O–H groups in total. The lowest BCUT2D eigenvalue weighted by molar-refractivity contribution is 0.0142. The van der Waals surface area contributed by atoms with E-state index < -0.39 is 0 Å². The molecular formula is C8H13NO. The zero-order chi connectivity index (χ0) is 7.40. The molecule has 1 aliphatic heterocycles. The lowest BCUT2D eigenvalue weighted by Gasteiger charge is -2.19. The van der Waals surface area contributed by atoms with Gasteiger partial charge in [0, 0.05) is 0 Å². The molecule has 56 valence electrons. The molecule has 1 rings (SSSR count). The normalized spacial score (nSPS) is 25.3. The molecule has 0 bridgehead atoms. The van der Waals surface area contributed by atoms with E-state index in [9.17, 15) is 0 Å². The van der Waals surface area contributed by atoms with Gasteiger partial charge in [-0.05, 0) is 20.2 Å². The minimum Gasteiger partial charge on any atom is -0.355 e. The van der Waals surface area contributed by atoms with Crippen LogP contribution in [-0.2, 0) is 4.74 Å². The molecule has 0 aromatic heterocycles. The van der Waals surface area contributed by atoms with Crippen molar-refractivity contribution in [2.24, 2.45) is 0 Å². The molecule has 0 saturated carbocycles. The van der Waals surface area contributed by atoms with E-state index in [0.29, 0.717) is 6.61 Å². The van der Waals surface area contributed by atoms with Crippen molar-refractivity contribution in [2.45, 2.75) is 6.23 Å². The second kappa shape index (κ2) is 3.54. The Balaban J connectivity index is 2.48. The van der Waals surface area contributed by atoms with Crippen molar-refractivity contribution in [3.8, 4) is 0 Å². The molecule has 0 amide bonds. The van der Waals surface area contributed by atoms with E-state index in [1.165, 1.54) is 0 Å². The molecule has 2 nitrogen and oxygen atoms in total. The van der Waals surface area contributed by atoms with Gasteiger partial charge in [0.2, 0.25) is 0 Å². The first-order valence-corrected chi connectivity index (χ1v) is 3.42. The Hall–Kier alpha value is -0.600. The van der Waals surface area contributed by atoms with Crippen molar-refractivity contribution < 1.29 is 4.74 Å². The molecular weight excluding hydrogens is 126 g/mol. The smallest absolute Gasteiger partial charge is 0.130 e. The summed E-state index contributed by atoms with van der Waals surface area (Å²) in [6, 6.07) is 0. The van der Waals surface area contributed by atoms with Gasteiger partial charge < -0.3 is 4.74 Å². The van der Waals surface area contributed by atoms with E-state index in [0.717, 1.165) is 0 Å². The molecule has 0 aromatic rings. The SMILES string of the molecule is CN(C)C1C=CC=CCO1. The lowest BCUT2D eigenvalue weighted by Crippen LogP contribution is -2.28. The molecule has 1 heterocycles. The van der Waals surface area contributed by atoms with Crippen LogP contribution in [0.2, 0.25) is 0 Å². The molecule has 0 aliphatic carbocycles. The number of hydrogen-bond acceptors (Lipinski definition) is 2. The fourth-order valence-electron chi connectivity index (χ4n) is 0.824. The van der Waals surface area contributed by atoms with Gasteiger partial charge in [0.05, 0.1) is 6.61 Å². The summed E-state index contributed by atoms with van der Waals surface area (Å²) in [5, 5.41) is 0. The van der Waals surface area contributed by atoms with Crippen LogP contribution in [-0.4, -0.2) is 31.8 Å². The first-order chi connectivity index (χ1) is 4.80. The van der Waals surface area contributed by atoms with Crippen LogP contribution in [0.1, 0.15) is 0 Å². The molecule has 1 unspecified atom stereocenters. The van der Waals surface area contributed by atoms with Gasteiger partial charge in [-0.1, -0.05) is 18.2 Å². The second-order valence-electron chi connectivity index (χ2n) is 2.50. The van der Waals surface area contributed by atoms with E-state index in [2.05, 4.69) is 0 Å². The van der Waals surface area contributed by atoms with Gasteiger partial charge in [0.25, 0.3) is 0 Å². The molecule has 0 spiro atoms. The predicted molar refractivity (Wildman–Crippen MR) is 41.7 cm³/mol. The number of hydrogen-bond donors (Lipinski definition) is 0. The monoisotopic (exact) mass is 139 g/mol. The lowest BCUT2D eigenvalue weighted by atomic mass is 10.4. The molecule has 10 heavy (non-hydrogen) atoms. The fraction of sp³-hybridized carbons (Fsp3) is 0.500. The first kappa shape index (κ1) is 7.51. The zero-order valence-electron chi connectivity index (χ0n) is 6.45. The van der Waals surface area contributed by atoms with Crippen molar-refractivity contribution in [1.82, 2.24) is 4.90 Å². The third-order valence-corrected chi connectivity index (χ3v) is 1.40. The minimum absolute atomic E-state index is 0.134. The van der Waals surface area contributed by atoms with Gasteiger partial charge in [-0.2, -0.15) is 0 Å². The highest BCUT2D eigenvalue weighted by molar-refractivity contribution is 5.07. The van der Waals surface area contributed by atoms with E-state index in [1.807, 2.05) is 43.3 Å². The standard InChI is InChI=1S/C8H13NO/c1-9(2)8-6-4-3-5-7-10-8/h3-6,8H,7H2,1-2H3. The van der Waals surface area contributed by atoms with Crippen LogP contribution in [0.5, 0.6) is 0 Å². The Morgan fingerprint density at radius 1 is 1.40 bits per heavy atom. The van der Waals surface area contributed by atoms with Crippen LogP contribution in [0.3, 0.4) is 0 Å². The van der Waals surface area contributed by atoms with Crippen LogP contribution in [0, 0.1) is 0 Å². The van der Waals surface area contributed by atoms with E-state index >= 15 is 0 Å². The van der Waals surface area contributed by atoms with E-state index in [1.54, 1.807) is 0 Å². The highest BCUT2D eigenvalue weighted by Gasteiger charge is 2.06. The summed E-state index contributed by atoms with van der Waals surface area (Å²) >= 11 is 0. The van der Waals surface area contributed by atoms with Crippen LogP contribution in [0.25, 0.3) is 0 Å². The third-order valence-electron chi connectivity index (χ3n) is 1.40. The molecule has 0 radical (unpaired) electrons. The Labute approximate surface area is 61.8 Å². The molecule has 0 aromatic carbocycles. The first-order valence-electron chi connectivity index (χ1n) is 3.42. The van der Waals surface area contributed by atoms with Gasteiger partial charge in [0.1, 0.15) is 6.23 Å². The second-order valence-corrected chi connectivity index (χ2v) is 2.50. The highest BCUT2D eigenvalue weighted by Crippen LogP contribution is 2.01. The number of allylic oxidation sites excluding steroid dienone is 2. The van der Waals surface area contributed by atoms with Gasteiger partial charge in [-0.25, -0.2) is 0 Å². The summed E-state index contributed by atoms with van der Waals surface area (Å²) in [5.41, 5.74) is 0. The van der Waals surface area contributed by atoms with Crippen LogP contribution >= 0.6 is 0 Å². The van der Waals surface area contributed by atoms with E-state index in [-0.39, 0.29) is 6.23 Å². The fourth-order valence-corrected chi connectivity index (χ4v) is 0.824. The van der Waals surface area contributed by atoms with Crippen LogP contribution in [0.4, 0.5) is 0 Å². The maximum atomic E-state index is 5.42. The topological polar surface area (TPSA) is 12.5 Å². The summed E-state index contributed by atoms with van der Waals surface area (Å²) in [6.45, 7) is 0.704. The molecule has 1 aliphatic rings. The van der Waals surface area contributed by atoms with Crippen molar-refractivity contribution in [3.05, 3.63) is 24.3 Å². The molecule has 2 heteroatoms. The molecule has 0 saturated heterocycles. The number of rotatable bonds is 1. The third kappa shape index (κ3) is 1.97. The summed E-state index contributed by atoms with van der Waals surface area (Å²) in [6.07, 6.45) is 8.18. The van der Waals surface area contributed by atoms with Crippen molar-refractivity contribution in [3.63, 3.8) is 0 Å². The largest absolute Gasteiger partial charge is 0.355 e. The van der Waals surface area contributed by atoms with Gasteiger partial charge in [-0.15, -0.1) is 0 Å². The quantitative estimate of drug-likeness (QED) is 0.537. The summed E-state index contributed by atoms with van der Waals surface area (Å²) in [5.74, 6) is 0. The Morgan fingerprint density at radius 3 is 2.90 bits per heavy atom. The van der Waals surface area contributed by atoms with Gasteiger partial charge >= 0.3 is 0 Å². The van der Waals surface area contributed by atoms with Gasteiger partial charge in [-0.3, -0.25) is 4.90 Å². The van der Waals surface area contributed by atoms with Crippen molar-refractivity contribution in [1.29, 1.82) is 0 Å². The van der Waals surface area contributed by atoms with Crippen LogP contribution < -0.4 is 0 Å². The highest BCUT2D eigenvalue weighted by atomic mass is 16.5. The van der Waals surface area contributed by atoms with Crippen LogP contribution in [0.15, 0.2) is 24.3 Å². The van der Waals surface area contributed by atoms with Gasteiger partial charge in [0.15, 0.2) is 0 Å². The predicted octanol–water partition coefficient (Wildman–Crippen LogP) is 1.02. The molecule has 1 atom stereocenters. The summed E-state index contributed by atoms with van der Waals surface area (Å²) in [4.78, 5) is 2.03. The molecule has 0 fully saturated rings. The number of nitrogens with zero attached hydrogens (tertiary/aromatic N) is 1. The maximum Gasteiger partial charge on any atom is 0.130 e. The Bertz CT molecular complexity index is 149. The number of likely N-dealkylation sites (N-methyl/N-ethyl adjacent to an activating group) is 1. The van der Waals surface area contributed by atoms with Crippen molar-refractivity contribution in [2.75, 3.05) is 20.7 Å². The maximum absolute atomic E-state index is 5.42. The Kier molecular flexibility index (Phi) is 2.66. The number of ether oxygens (including phenoxy) is 1. The zero-order valence-corrected chi connectivity index (χ0v) is 6.45. The summed E-state index contributed by atoms with van der Waals surface area (Å²) in [7, 11) is 4.00.